The molecule has 5 heteroatoms. The largest absolute Gasteiger partial charge is 0.497 e. The highest BCUT2D eigenvalue weighted by Gasteiger charge is 2.06. The summed E-state index contributed by atoms with van der Waals surface area (Å²) in [5.74, 6) is 0.919. The van der Waals surface area contributed by atoms with Crippen LogP contribution >= 0.6 is 0 Å². The van der Waals surface area contributed by atoms with E-state index in [2.05, 4.69) is 10.3 Å². The van der Waals surface area contributed by atoms with Gasteiger partial charge in [-0.2, -0.15) is 0 Å². The lowest BCUT2D eigenvalue weighted by Crippen LogP contribution is -2.12. The molecule has 2 aromatic rings. The molecule has 1 aromatic heterocycles. The fourth-order valence-corrected chi connectivity index (χ4v) is 1.42. The number of carbonyl (C=O) groups excluding carboxylic acids is 1. The van der Waals surface area contributed by atoms with Gasteiger partial charge in [0.25, 0.3) is 5.91 Å². The number of carbonyl (C=O) groups is 1. The van der Waals surface area contributed by atoms with Gasteiger partial charge in [0.15, 0.2) is 0 Å². The fraction of sp³-hybridized carbons (Fsp3) is 0.0769. The molecular weight excluding hydrogens is 230 g/mol. The maximum absolute atomic E-state index is 11.9. The number of hydrogen-bond acceptors (Lipinski definition) is 4. The van der Waals surface area contributed by atoms with Crippen molar-refractivity contribution in [3.8, 4) is 5.75 Å². The molecule has 5 nitrogen and oxygen atoms in total. The first-order valence-electron chi connectivity index (χ1n) is 5.36. The maximum atomic E-state index is 11.9. The summed E-state index contributed by atoms with van der Waals surface area (Å²) in [5, 5.41) is 2.73. The molecule has 0 atom stereocenters. The van der Waals surface area contributed by atoms with Gasteiger partial charge in [-0.1, -0.05) is 0 Å². The van der Waals surface area contributed by atoms with E-state index in [0.717, 1.165) is 0 Å². The summed E-state index contributed by atoms with van der Waals surface area (Å²) in [6.45, 7) is 0. The van der Waals surface area contributed by atoms with Gasteiger partial charge in [-0.15, -0.1) is 0 Å². The highest BCUT2D eigenvalue weighted by atomic mass is 16.5. The van der Waals surface area contributed by atoms with E-state index in [9.17, 15) is 4.79 Å². The van der Waals surface area contributed by atoms with Crippen molar-refractivity contribution in [3.63, 3.8) is 0 Å². The van der Waals surface area contributed by atoms with Crippen LogP contribution in [0.15, 0.2) is 42.6 Å². The van der Waals surface area contributed by atoms with Crippen molar-refractivity contribution in [1.82, 2.24) is 4.98 Å². The molecule has 0 aliphatic carbocycles. The first-order chi connectivity index (χ1) is 8.69. The van der Waals surface area contributed by atoms with Crippen LogP contribution in [0.2, 0.25) is 0 Å². The number of benzene rings is 1. The lowest BCUT2D eigenvalue weighted by molar-refractivity contribution is 0.102. The minimum atomic E-state index is -0.204. The molecule has 18 heavy (non-hydrogen) atoms. The van der Waals surface area contributed by atoms with E-state index in [1.807, 2.05) is 0 Å². The summed E-state index contributed by atoms with van der Waals surface area (Å²) in [4.78, 5) is 15.8. The van der Waals surface area contributed by atoms with Crippen LogP contribution in [0.4, 0.5) is 11.5 Å². The van der Waals surface area contributed by atoms with E-state index >= 15 is 0 Å². The SMILES string of the molecule is COc1ccc(C(=O)Nc2ccc(N)nc2)cc1. The summed E-state index contributed by atoms with van der Waals surface area (Å²) in [5.41, 5.74) is 6.61. The predicted octanol–water partition coefficient (Wildman–Crippen LogP) is 1.92. The normalized spacial score (nSPS) is 9.83. The monoisotopic (exact) mass is 243 g/mol. The van der Waals surface area contributed by atoms with Gasteiger partial charge in [0, 0.05) is 5.56 Å². The highest BCUT2D eigenvalue weighted by Crippen LogP contribution is 2.13. The molecule has 0 bridgehead atoms. The number of rotatable bonds is 3. The van der Waals surface area contributed by atoms with Crippen LogP contribution in [0.1, 0.15) is 10.4 Å². The van der Waals surface area contributed by atoms with Gasteiger partial charge >= 0.3 is 0 Å². The molecule has 2 rings (SSSR count). The number of anilines is 2. The third kappa shape index (κ3) is 2.76. The molecule has 0 radical (unpaired) electrons. The van der Waals surface area contributed by atoms with Gasteiger partial charge in [-0.05, 0) is 36.4 Å². The Balaban J connectivity index is 2.09. The van der Waals surface area contributed by atoms with E-state index in [-0.39, 0.29) is 5.91 Å². The predicted molar refractivity (Wildman–Crippen MR) is 69.6 cm³/mol. The highest BCUT2D eigenvalue weighted by molar-refractivity contribution is 6.04. The Hall–Kier alpha value is -2.56. The minimum Gasteiger partial charge on any atom is -0.497 e. The van der Waals surface area contributed by atoms with Crippen molar-refractivity contribution in [2.45, 2.75) is 0 Å². The van der Waals surface area contributed by atoms with Gasteiger partial charge in [0.1, 0.15) is 11.6 Å². The number of nitrogen functional groups attached to an aromatic ring is 1. The molecule has 1 heterocycles. The smallest absolute Gasteiger partial charge is 0.255 e. The maximum Gasteiger partial charge on any atom is 0.255 e. The fourth-order valence-electron chi connectivity index (χ4n) is 1.42. The van der Waals surface area contributed by atoms with Crippen LogP contribution < -0.4 is 15.8 Å². The van der Waals surface area contributed by atoms with E-state index in [1.165, 1.54) is 6.20 Å². The van der Waals surface area contributed by atoms with Crippen LogP contribution in [0.3, 0.4) is 0 Å². The summed E-state index contributed by atoms with van der Waals surface area (Å²) in [6, 6.07) is 10.2. The van der Waals surface area contributed by atoms with Gasteiger partial charge < -0.3 is 15.8 Å². The molecule has 3 N–H and O–H groups in total. The first kappa shape index (κ1) is 11.9. The van der Waals surface area contributed by atoms with Gasteiger partial charge in [0.05, 0.1) is 19.0 Å². The number of nitrogens with zero attached hydrogens (tertiary/aromatic N) is 1. The summed E-state index contributed by atoms with van der Waals surface area (Å²) in [6.07, 6.45) is 1.51. The van der Waals surface area contributed by atoms with E-state index in [4.69, 9.17) is 10.5 Å². The Morgan fingerprint density at radius 2 is 1.94 bits per heavy atom. The van der Waals surface area contributed by atoms with Crippen molar-refractivity contribution in [1.29, 1.82) is 0 Å². The van der Waals surface area contributed by atoms with Gasteiger partial charge in [0.2, 0.25) is 0 Å². The zero-order valence-electron chi connectivity index (χ0n) is 9.88. The number of amides is 1. The molecule has 1 aromatic carbocycles. The molecule has 92 valence electrons. The van der Waals surface area contributed by atoms with Crippen LogP contribution in [0, 0.1) is 0 Å². The topological polar surface area (TPSA) is 77.2 Å². The van der Waals surface area contributed by atoms with Crippen LogP contribution in [0.5, 0.6) is 5.75 Å². The standard InChI is InChI=1S/C13H13N3O2/c1-18-11-5-2-9(3-6-11)13(17)16-10-4-7-12(14)15-8-10/h2-8H,1H3,(H2,14,15)(H,16,17). The Morgan fingerprint density at radius 1 is 1.22 bits per heavy atom. The molecular formula is C13H13N3O2. The zero-order valence-corrected chi connectivity index (χ0v) is 9.88. The Labute approximate surface area is 105 Å². The van der Waals surface area contributed by atoms with Crippen molar-refractivity contribution >= 4 is 17.4 Å². The molecule has 0 aliphatic heterocycles. The number of methoxy groups -OCH3 is 1. The number of aromatic nitrogens is 1. The van der Waals surface area contributed by atoms with E-state index in [0.29, 0.717) is 22.8 Å². The third-order valence-corrected chi connectivity index (χ3v) is 2.40. The second-order valence-corrected chi connectivity index (χ2v) is 3.65. The number of hydrogen-bond donors (Lipinski definition) is 2. The average Bonchev–Trinajstić information content (AvgIpc) is 2.41. The second-order valence-electron chi connectivity index (χ2n) is 3.65. The molecule has 1 amide bonds. The van der Waals surface area contributed by atoms with Crippen molar-refractivity contribution in [2.24, 2.45) is 0 Å². The average molecular weight is 243 g/mol. The third-order valence-electron chi connectivity index (χ3n) is 2.40. The number of pyridine rings is 1. The van der Waals surface area contributed by atoms with Crippen LogP contribution in [-0.2, 0) is 0 Å². The van der Waals surface area contributed by atoms with E-state index in [1.54, 1.807) is 43.5 Å². The quantitative estimate of drug-likeness (QED) is 0.863. The molecule has 0 saturated carbocycles. The summed E-state index contributed by atoms with van der Waals surface area (Å²) in [7, 11) is 1.58. The number of nitrogens with two attached hydrogens (primary N) is 1. The molecule has 0 aliphatic rings. The lowest BCUT2D eigenvalue weighted by Gasteiger charge is -2.05. The van der Waals surface area contributed by atoms with Crippen LogP contribution in [-0.4, -0.2) is 18.0 Å². The Kier molecular flexibility index (Phi) is 3.43. The molecule has 0 saturated heterocycles. The summed E-state index contributed by atoms with van der Waals surface area (Å²) >= 11 is 0. The van der Waals surface area contributed by atoms with Gasteiger partial charge in [-0.25, -0.2) is 4.98 Å². The number of ether oxygens (including phenoxy) is 1. The van der Waals surface area contributed by atoms with E-state index < -0.39 is 0 Å². The number of nitrogens with one attached hydrogen (secondary N) is 1. The second kappa shape index (κ2) is 5.18. The molecule has 0 spiro atoms. The lowest BCUT2D eigenvalue weighted by atomic mass is 10.2. The van der Waals surface area contributed by atoms with Crippen molar-refractivity contribution in [2.75, 3.05) is 18.2 Å². The summed E-state index contributed by atoms with van der Waals surface area (Å²) < 4.78 is 5.02. The molecule has 0 unspecified atom stereocenters. The van der Waals surface area contributed by atoms with Gasteiger partial charge in [-0.3, -0.25) is 4.79 Å². The Morgan fingerprint density at radius 3 is 2.50 bits per heavy atom. The minimum absolute atomic E-state index is 0.204. The van der Waals surface area contributed by atoms with Crippen LogP contribution in [0.25, 0.3) is 0 Å². The van der Waals surface area contributed by atoms with Crippen molar-refractivity contribution in [3.05, 3.63) is 48.2 Å². The first-order valence-corrected chi connectivity index (χ1v) is 5.36. The Bertz CT molecular complexity index is 535. The molecule has 0 fully saturated rings. The van der Waals surface area contributed by atoms with Crippen molar-refractivity contribution < 1.29 is 9.53 Å². The zero-order chi connectivity index (χ0) is 13.0.